The third-order valence-corrected chi connectivity index (χ3v) is 10.5. The lowest BCUT2D eigenvalue weighted by Crippen LogP contribution is -2.56. The summed E-state index contributed by atoms with van der Waals surface area (Å²) >= 11 is 0. The average molecular weight is 414 g/mol. The van der Waals surface area contributed by atoms with Crippen molar-refractivity contribution >= 4 is 5.78 Å². The number of nitrogens with zero attached hydrogens (tertiary/aromatic N) is 3. The fourth-order valence-electron chi connectivity index (χ4n) is 9.06. The normalized spacial score (nSPS) is 47.9. The van der Waals surface area contributed by atoms with E-state index in [1.165, 1.54) is 51.3 Å². The lowest BCUT2D eigenvalue weighted by atomic mass is 9.42. The van der Waals surface area contributed by atoms with Crippen molar-refractivity contribution in [3.05, 3.63) is 12.7 Å². The number of Topliss-reactive ketones (excluding diaryl/α,β-unsaturated/α-hetero) is 1. The molecular weight excluding hydrogens is 374 g/mol. The van der Waals surface area contributed by atoms with Gasteiger partial charge in [0.25, 0.3) is 0 Å². The third kappa shape index (κ3) is 3.02. The molecule has 0 aromatic carbocycles. The second kappa shape index (κ2) is 7.15. The zero-order chi connectivity index (χ0) is 21.1. The highest BCUT2D eigenvalue weighted by atomic mass is 16.3. The Labute approximate surface area is 181 Å². The number of rotatable bonds is 4. The van der Waals surface area contributed by atoms with Gasteiger partial charge >= 0.3 is 0 Å². The molecule has 1 aromatic heterocycles. The number of aliphatic hydroxyl groups is 1. The van der Waals surface area contributed by atoms with Crippen LogP contribution in [0, 0.1) is 40.4 Å². The largest absolute Gasteiger partial charge is 0.390 e. The Morgan fingerprint density at radius 3 is 2.67 bits per heavy atom. The Kier molecular flexibility index (Phi) is 4.92. The second-order valence-corrected chi connectivity index (χ2v) is 11.7. The molecule has 30 heavy (non-hydrogen) atoms. The van der Waals surface area contributed by atoms with Crippen molar-refractivity contribution in [1.82, 2.24) is 14.8 Å². The van der Waals surface area contributed by atoms with Crippen molar-refractivity contribution in [3.8, 4) is 0 Å². The average Bonchev–Trinajstić information content (AvgIpc) is 3.34. The molecule has 166 valence electrons. The van der Waals surface area contributed by atoms with Gasteiger partial charge in [0, 0.05) is 5.92 Å². The molecule has 4 aliphatic rings. The van der Waals surface area contributed by atoms with Crippen molar-refractivity contribution in [2.24, 2.45) is 40.4 Å². The maximum absolute atomic E-state index is 13.2. The number of ketones is 1. The zero-order valence-corrected chi connectivity index (χ0v) is 19.0. The zero-order valence-electron chi connectivity index (χ0n) is 19.0. The quantitative estimate of drug-likeness (QED) is 0.780. The molecular formula is C25H39N3O2. The van der Waals surface area contributed by atoms with E-state index < -0.39 is 5.60 Å². The van der Waals surface area contributed by atoms with Crippen LogP contribution >= 0.6 is 0 Å². The Bertz CT molecular complexity index is 790. The van der Waals surface area contributed by atoms with Crippen LogP contribution in [-0.2, 0) is 11.3 Å². The topological polar surface area (TPSA) is 68.0 Å². The van der Waals surface area contributed by atoms with Crippen LogP contribution in [0.2, 0.25) is 0 Å². The molecule has 8 atom stereocenters. The summed E-state index contributed by atoms with van der Waals surface area (Å²) in [7, 11) is 0. The molecule has 0 amide bonds. The maximum atomic E-state index is 13.2. The highest BCUT2D eigenvalue weighted by Gasteiger charge is 2.62. The van der Waals surface area contributed by atoms with E-state index in [0.29, 0.717) is 29.6 Å². The summed E-state index contributed by atoms with van der Waals surface area (Å²) < 4.78 is 1.69. The molecule has 4 fully saturated rings. The van der Waals surface area contributed by atoms with E-state index >= 15 is 0 Å². The minimum absolute atomic E-state index is 0.154. The first-order chi connectivity index (χ1) is 14.3. The second-order valence-electron chi connectivity index (χ2n) is 11.7. The monoisotopic (exact) mass is 413 g/mol. The van der Waals surface area contributed by atoms with E-state index in [-0.39, 0.29) is 11.3 Å². The predicted molar refractivity (Wildman–Crippen MR) is 115 cm³/mol. The Morgan fingerprint density at radius 1 is 1.10 bits per heavy atom. The van der Waals surface area contributed by atoms with Crippen LogP contribution in [0.25, 0.3) is 0 Å². The van der Waals surface area contributed by atoms with Gasteiger partial charge in [0.1, 0.15) is 19.2 Å². The van der Waals surface area contributed by atoms with Gasteiger partial charge in [0.2, 0.25) is 0 Å². The first kappa shape index (κ1) is 20.7. The van der Waals surface area contributed by atoms with Crippen LogP contribution < -0.4 is 0 Å². The van der Waals surface area contributed by atoms with E-state index in [1.54, 1.807) is 11.0 Å². The number of fused-ring (bicyclic) bond motifs is 5. The molecule has 5 rings (SSSR count). The molecule has 0 bridgehead atoms. The van der Waals surface area contributed by atoms with Gasteiger partial charge < -0.3 is 5.11 Å². The van der Waals surface area contributed by atoms with Crippen LogP contribution in [0.5, 0.6) is 0 Å². The SMILES string of the molecule is CC[C@]12CC[C@@](C)(O)C[C@@H]1CC[C@H]1[C@@H]3CC[C@H](C(=O)Cn4cncn4)[C@@]3(C)CC[C@@H]12. The van der Waals surface area contributed by atoms with Gasteiger partial charge in [-0.15, -0.1) is 0 Å². The van der Waals surface area contributed by atoms with Gasteiger partial charge in [-0.2, -0.15) is 5.10 Å². The van der Waals surface area contributed by atoms with Crippen LogP contribution in [0.1, 0.15) is 85.0 Å². The summed E-state index contributed by atoms with van der Waals surface area (Å²) in [6, 6.07) is 0. The van der Waals surface area contributed by atoms with Crippen LogP contribution in [0.4, 0.5) is 0 Å². The van der Waals surface area contributed by atoms with Crippen molar-refractivity contribution in [1.29, 1.82) is 0 Å². The summed E-state index contributed by atoms with van der Waals surface area (Å²) in [4.78, 5) is 17.2. The summed E-state index contributed by atoms with van der Waals surface area (Å²) in [5.41, 5.74) is 0.113. The van der Waals surface area contributed by atoms with Crippen LogP contribution in [0.15, 0.2) is 12.7 Å². The Hall–Kier alpha value is -1.23. The number of aromatic nitrogens is 3. The fourth-order valence-corrected chi connectivity index (χ4v) is 9.06. The van der Waals surface area contributed by atoms with Crippen molar-refractivity contribution in [3.63, 3.8) is 0 Å². The molecule has 4 saturated carbocycles. The van der Waals surface area contributed by atoms with Gasteiger partial charge in [-0.3, -0.25) is 4.79 Å². The molecule has 0 unspecified atom stereocenters. The third-order valence-electron chi connectivity index (χ3n) is 10.5. The maximum Gasteiger partial charge on any atom is 0.157 e. The first-order valence-electron chi connectivity index (χ1n) is 12.4. The molecule has 0 spiro atoms. The molecule has 1 N–H and O–H groups in total. The Balaban J connectivity index is 1.38. The lowest BCUT2D eigenvalue weighted by molar-refractivity contribution is -0.158. The number of hydrogen-bond acceptors (Lipinski definition) is 4. The van der Waals surface area contributed by atoms with Gasteiger partial charge in [0.05, 0.1) is 5.60 Å². The molecule has 0 saturated heterocycles. The summed E-state index contributed by atoms with van der Waals surface area (Å²) in [6.07, 6.45) is 14.9. The van der Waals surface area contributed by atoms with Gasteiger partial charge in [0.15, 0.2) is 5.78 Å². The van der Waals surface area contributed by atoms with Crippen molar-refractivity contribution in [2.75, 3.05) is 0 Å². The van der Waals surface area contributed by atoms with Gasteiger partial charge in [-0.05, 0) is 106 Å². The van der Waals surface area contributed by atoms with Crippen LogP contribution in [0.3, 0.4) is 0 Å². The molecule has 4 aliphatic carbocycles. The predicted octanol–water partition coefficient (Wildman–Crippen LogP) is 4.65. The standard InChI is InChI=1S/C25H39N3O2/c1-4-25-12-11-23(2,30)13-17(25)5-6-18-19-7-8-21(24(19,3)10-9-20(18)25)22(29)14-28-16-26-15-27-28/h15-21,30H,4-14H2,1-3H3/t17-,18-,19-,20-,21+,23+,24-,25-/m0/s1. The van der Waals surface area contributed by atoms with E-state index in [2.05, 4.69) is 30.9 Å². The molecule has 1 aromatic rings. The fraction of sp³-hybridized carbons (Fsp3) is 0.880. The minimum atomic E-state index is -0.467. The van der Waals surface area contributed by atoms with E-state index in [9.17, 15) is 9.90 Å². The highest BCUT2D eigenvalue weighted by Crippen LogP contribution is 2.69. The van der Waals surface area contributed by atoms with E-state index in [0.717, 1.165) is 31.1 Å². The van der Waals surface area contributed by atoms with Crippen molar-refractivity contribution < 1.29 is 9.90 Å². The minimum Gasteiger partial charge on any atom is -0.390 e. The number of carbonyl (C=O) groups excluding carboxylic acids is 1. The molecule has 5 nitrogen and oxygen atoms in total. The smallest absolute Gasteiger partial charge is 0.157 e. The van der Waals surface area contributed by atoms with E-state index in [1.807, 2.05) is 0 Å². The highest BCUT2D eigenvalue weighted by molar-refractivity contribution is 5.82. The first-order valence-corrected chi connectivity index (χ1v) is 12.4. The number of carbonyl (C=O) groups is 1. The Morgan fingerprint density at radius 2 is 1.93 bits per heavy atom. The summed E-state index contributed by atoms with van der Waals surface area (Å²) in [5, 5.41) is 14.9. The number of hydrogen-bond donors (Lipinski definition) is 1. The van der Waals surface area contributed by atoms with Crippen molar-refractivity contribution in [2.45, 2.75) is 97.1 Å². The van der Waals surface area contributed by atoms with Crippen LogP contribution in [-0.4, -0.2) is 31.3 Å². The molecule has 1 heterocycles. The van der Waals surface area contributed by atoms with E-state index in [4.69, 9.17) is 0 Å². The summed E-state index contributed by atoms with van der Waals surface area (Å²) in [6.45, 7) is 7.26. The lowest BCUT2D eigenvalue weighted by Gasteiger charge is -2.63. The van der Waals surface area contributed by atoms with Gasteiger partial charge in [-0.25, -0.2) is 9.67 Å². The molecule has 5 heteroatoms. The summed E-state index contributed by atoms with van der Waals surface area (Å²) in [5.74, 6) is 3.47. The molecule has 0 radical (unpaired) electrons. The van der Waals surface area contributed by atoms with Gasteiger partial charge in [-0.1, -0.05) is 13.8 Å². The molecule has 0 aliphatic heterocycles.